The molecule has 2 unspecified atom stereocenters. The van der Waals surface area contributed by atoms with Crippen LogP contribution in [0.2, 0.25) is 0 Å². The summed E-state index contributed by atoms with van der Waals surface area (Å²) in [6, 6.07) is 12.0. The summed E-state index contributed by atoms with van der Waals surface area (Å²) in [6.07, 6.45) is 1.35. The molecule has 110 valence electrons. The minimum atomic E-state index is 0.139. The van der Waals surface area contributed by atoms with Crippen LogP contribution < -0.4 is 5.73 Å². The molecule has 1 aliphatic heterocycles. The first kappa shape index (κ1) is 14.2. The maximum Gasteiger partial charge on any atom is 0.170 e. The van der Waals surface area contributed by atoms with Crippen LogP contribution in [-0.2, 0) is 4.74 Å². The van der Waals surface area contributed by atoms with E-state index >= 15 is 0 Å². The third-order valence-corrected chi connectivity index (χ3v) is 5.38. The van der Waals surface area contributed by atoms with Gasteiger partial charge in [0.1, 0.15) is 0 Å². The van der Waals surface area contributed by atoms with Crippen molar-refractivity contribution in [2.75, 3.05) is 6.61 Å². The Morgan fingerprint density at radius 2 is 2.05 bits per heavy atom. The molecule has 21 heavy (non-hydrogen) atoms. The molecule has 3 rings (SSSR count). The summed E-state index contributed by atoms with van der Waals surface area (Å²) in [5.74, 6) is 0.139. The van der Waals surface area contributed by atoms with Crippen molar-refractivity contribution in [1.29, 1.82) is 0 Å². The van der Waals surface area contributed by atoms with Crippen LogP contribution in [0.25, 0.3) is 10.8 Å². The molecule has 2 aromatic carbocycles. The summed E-state index contributed by atoms with van der Waals surface area (Å²) in [6.45, 7) is 2.95. The molecule has 2 atom stereocenters. The van der Waals surface area contributed by atoms with Gasteiger partial charge in [0.05, 0.1) is 6.10 Å². The molecule has 0 radical (unpaired) electrons. The summed E-state index contributed by atoms with van der Waals surface area (Å²) in [4.78, 5) is 1.21. The van der Waals surface area contributed by atoms with E-state index in [4.69, 9.17) is 15.7 Å². The van der Waals surface area contributed by atoms with Crippen molar-refractivity contribution in [2.24, 2.45) is 10.9 Å². The minimum Gasteiger partial charge on any atom is -0.409 e. The second-order valence-corrected chi connectivity index (χ2v) is 6.44. The number of rotatable bonds is 3. The summed E-state index contributed by atoms with van der Waals surface area (Å²) < 4.78 is 5.64. The van der Waals surface area contributed by atoms with Gasteiger partial charge in [-0.25, -0.2) is 0 Å². The van der Waals surface area contributed by atoms with Crippen molar-refractivity contribution < 1.29 is 9.94 Å². The lowest BCUT2D eigenvalue weighted by Crippen LogP contribution is -2.14. The summed E-state index contributed by atoms with van der Waals surface area (Å²) in [5.41, 5.74) is 6.53. The van der Waals surface area contributed by atoms with Gasteiger partial charge in [-0.1, -0.05) is 29.4 Å². The van der Waals surface area contributed by atoms with E-state index in [-0.39, 0.29) is 11.9 Å². The molecule has 0 bridgehead atoms. The van der Waals surface area contributed by atoms with Crippen LogP contribution >= 0.6 is 11.8 Å². The number of hydrogen-bond donors (Lipinski definition) is 2. The molecule has 0 aromatic heterocycles. The number of nitrogens with zero attached hydrogens (tertiary/aromatic N) is 1. The predicted octanol–water partition coefficient (Wildman–Crippen LogP) is 3.20. The molecular formula is C16H18N2O2S. The first-order chi connectivity index (χ1) is 10.2. The maximum absolute atomic E-state index is 8.92. The maximum atomic E-state index is 8.92. The fraction of sp³-hybridized carbons (Fsp3) is 0.312. The normalized spacial score (nSPS) is 22.8. The summed E-state index contributed by atoms with van der Waals surface area (Å²) in [7, 11) is 0. The zero-order valence-electron chi connectivity index (χ0n) is 11.8. The van der Waals surface area contributed by atoms with Crippen LogP contribution in [0.5, 0.6) is 0 Å². The number of ether oxygens (including phenoxy) is 1. The zero-order valence-corrected chi connectivity index (χ0v) is 12.6. The number of thioether (sulfide) groups is 1. The Kier molecular flexibility index (Phi) is 4.03. The Balaban J connectivity index is 2.04. The summed E-state index contributed by atoms with van der Waals surface area (Å²) >= 11 is 1.85. The Bertz CT molecular complexity index is 687. The molecule has 2 aromatic rings. The van der Waals surface area contributed by atoms with Crippen LogP contribution in [0.15, 0.2) is 46.4 Å². The van der Waals surface area contributed by atoms with Crippen molar-refractivity contribution in [3.05, 3.63) is 42.0 Å². The molecule has 1 fully saturated rings. The molecule has 0 amide bonds. The minimum absolute atomic E-state index is 0.139. The largest absolute Gasteiger partial charge is 0.409 e. The van der Waals surface area contributed by atoms with E-state index in [2.05, 4.69) is 18.1 Å². The highest BCUT2D eigenvalue weighted by molar-refractivity contribution is 8.00. The number of hydrogen-bond acceptors (Lipinski definition) is 4. The quantitative estimate of drug-likeness (QED) is 0.395. The third kappa shape index (κ3) is 2.71. The van der Waals surface area contributed by atoms with E-state index in [1.54, 1.807) is 0 Å². The van der Waals surface area contributed by atoms with E-state index in [0.29, 0.717) is 5.25 Å². The fourth-order valence-electron chi connectivity index (χ4n) is 2.68. The van der Waals surface area contributed by atoms with Gasteiger partial charge in [0, 0.05) is 22.3 Å². The molecule has 1 heterocycles. The van der Waals surface area contributed by atoms with E-state index in [0.717, 1.165) is 29.4 Å². The molecule has 1 saturated heterocycles. The first-order valence-electron chi connectivity index (χ1n) is 6.98. The van der Waals surface area contributed by atoms with Gasteiger partial charge in [0.25, 0.3) is 0 Å². The highest BCUT2D eigenvalue weighted by Crippen LogP contribution is 2.37. The molecule has 0 saturated carbocycles. The fourth-order valence-corrected chi connectivity index (χ4v) is 3.94. The molecule has 3 N–H and O–H groups in total. The second kappa shape index (κ2) is 5.95. The van der Waals surface area contributed by atoms with Gasteiger partial charge in [0.15, 0.2) is 5.84 Å². The standard InChI is InChI=1S/C16H18N2O2S/c1-10-14(8-9-20-10)21-15-7-6-13(16(17)18-19)11-4-2-3-5-12(11)15/h2-7,10,14,19H,8-9H2,1H3,(H2,17,18). The van der Waals surface area contributed by atoms with Gasteiger partial charge >= 0.3 is 0 Å². The molecule has 0 aliphatic carbocycles. The lowest BCUT2D eigenvalue weighted by Gasteiger charge is -2.16. The van der Waals surface area contributed by atoms with Crippen LogP contribution in [0.4, 0.5) is 0 Å². The summed E-state index contributed by atoms with van der Waals surface area (Å²) in [5, 5.41) is 14.7. The second-order valence-electron chi connectivity index (χ2n) is 5.16. The molecule has 0 spiro atoms. The monoisotopic (exact) mass is 302 g/mol. The number of benzene rings is 2. The van der Waals surface area contributed by atoms with E-state index in [1.807, 2.05) is 42.1 Å². The van der Waals surface area contributed by atoms with E-state index in [9.17, 15) is 0 Å². The molecule has 1 aliphatic rings. The van der Waals surface area contributed by atoms with Gasteiger partial charge in [-0.2, -0.15) is 0 Å². The molecular weight excluding hydrogens is 284 g/mol. The van der Waals surface area contributed by atoms with E-state index in [1.165, 1.54) is 4.90 Å². The Hall–Kier alpha value is -1.72. The number of oxime groups is 1. The first-order valence-corrected chi connectivity index (χ1v) is 7.86. The average Bonchev–Trinajstić information content (AvgIpc) is 2.92. The van der Waals surface area contributed by atoms with Gasteiger partial charge in [0.2, 0.25) is 0 Å². The lowest BCUT2D eigenvalue weighted by atomic mass is 10.0. The van der Waals surface area contributed by atoms with Crippen molar-refractivity contribution in [3.63, 3.8) is 0 Å². The smallest absolute Gasteiger partial charge is 0.170 e. The zero-order chi connectivity index (χ0) is 14.8. The topological polar surface area (TPSA) is 67.8 Å². The van der Waals surface area contributed by atoms with Crippen LogP contribution in [0.1, 0.15) is 18.9 Å². The highest BCUT2D eigenvalue weighted by Gasteiger charge is 2.25. The SMILES string of the molecule is CC1OCCC1Sc1ccc(/C(N)=N/O)c2ccccc12. The average molecular weight is 302 g/mol. The van der Waals surface area contributed by atoms with E-state index < -0.39 is 0 Å². The highest BCUT2D eigenvalue weighted by atomic mass is 32.2. The van der Waals surface area contributed by atoms with Crippen molar-refractivity contribution in [1.82, 2.24) is 0 Å². The predicted molar refractivity (Wildman–Crippen MR) is 86.1 cm³/mol. The van der Waals surface area contributed by atoms with Gasteiger partial charge in [-0.15, -0.1) is 11.8 Å². The van der Waals surface area contributed by atoms with Crippen LogP contribution in [0, 0.1) is 0 Å². The number of fused-ring (bicyclic) bond motifs is 1. The third-order valence-electron chi connectivity index (χ3n) is 3.85. The number of amidine groups is 1. The van der Waals surface area contributed by atoms with Gasteiger partial charge < -0.3 is 15.7 Å². The Morgan fingerprint density at radius 1 is 1.29 bits per heavy atom. The van der Waals surface area contributed by atoms with Crippen LogP contribution in [-0.4, -0.2) is 29.0 Å². The molecule has 5 heteroatoms. The van der Waals surface area contributed by atoms with Gasteiger partial charge in [-0.3, -0.25) is 0 Å². The van der Waals surface area contributed by atoms with Gasteiger partial charge in [-0.05, 0) is 36.2 Å². The van der Waals surface area contributed by atoms with Crippen molar-refractivity contribution in [2.45, 2.75) is 29.6 Å². The Labute approximate surface area is 128 Å². The lowest BCUT2D eigenvalue weighted by molar-refractivity contribution is 0.127. The Morgan fingerprint density at radius 3 is 2.71 bits per heavy atom. The number of nitrogens with two attached hydrogens (primary N) is 1. The van der Waals surface area contributed by atoms with Crippen molar-refractivity contribution in [3.8, 4) is 0 Å². The molecule has 4 nitrogen and oxygen atoms in total. The van der Waals surface area contributed by atoms with Crippen LogP contribution in [0.3, 0.4) is 0 Å². The van der Waals surface area contributed by atoms with Crippen molar-refractivity contribution >= 4 is 28.4 Å².